The summed E-state index contributed by atoms with van der Waals surface area (Å²) in [6.45, 7) is 6.79. The summed E-state index contributed by atoms with van der Waals surface area (Å²) in [5, 5.41) is 4.60. The molecule has 0 N–H and O–H groups in total. The van der Waals surface area contributed by atoms with Crippen molar-refractivity contribution in [2.45, 2.75) is 39.0 Å². The van der Waals surface area contributed by atoms with Gasteiger partial charge in [0.2, 0.25) is 0 Å². The van der Waals surface area contributed by atoms with Crippen molar-refractivity contribution in [2.75, 3.05) is 0 Å². The fourth-order valence-corrected chi connectivity index (χ4v) is 10.1. The van der Waals surface area contributed by atoms with Crippen LogP contribution in [0.3, 0.4) is 0 Å². The Kier molecular flexibility index (Phi) is 10.4. The first kappa shape index (κ1) is 41.2. The van der Waals surface area contributed by atoms with Crippen LogP contribution in [0.2, 0.25) is 0 Å². The highest BCUT2D eigenvalue weighted by molar-refractivity contribution is 6.10. The molecule has 0 radical (unpaired) electrons. The van der Waals surface area contributed by atoms with E-state index in [-0.39, 0.29) is 0 Å². The summed E-state index contributed by atoms with van der Waals surface area (Å²) < 4.78 is 12.9. The zero-order valence-corrected chi connectivity index (χ0v) is 38.5. The van der Waals surface area contributed by atoms with Crippen LogP contribution < -0.4 is 0 Å². The molecule has 0 bridgehead atoms. The second kappa shape index (κ2) is 17.2. The highest BCUT2D eigenvalue weighted by Gasteiger charge is 2.16. The standard InChI is InChI=1S/C66H50O2/c1-42(2)45-18-22-47(23-19-45)53-9-6-12-56(39-53)50-30-32-52(33-31-50)58-14-8-15-62-61-35-17-44(38-64(61)68-66(58)62)37-43(3)46-20-24-48(25-21-46)54-10-7-11-55(40-54)49-26-28-51(29-27-49)57-34-36-60-59-13-4-5-16-63(59)67-65(60)41-57/h4-36,38-43H,37H2,1-3H3. The van der Waals surface area contributed by atoms with E-state index in [1.165, 1.54) is 66.8 Å². The van der Waals surface area contributed by atoms with Crippen LogP contribution in [0.4, 0.5) is 0 Å². The molecule has 0 saturated carbocycles. The predicted molar refractivity (Wildman–Crippen MR) is 286 cm³/mol. The average molecular weight is 875 g/mol. The number of para-hydroxylation sites is 2. The Morgan fingerprint density at radius 2 is 0.750 bits per heavy atom. The van der Waals surface area contributed by atoms with E-state index >= 15 is 0 Å². The van der Waals surface area contributed by atoms with Crippen LogP contribution in [0.25, 0.3) is 111 Å². The van der Waals surface area contributed by atoms with Crippen LogP contribution in [-0.2, 0) is 6.42 Å². The van der Waals surface area contributed by atoms with Gasteiger partial charge in [-0.3, -0.25) is 0 Å². The number of benzene rings is 10. The summed E-state index contributed by atoms with van der Waals surface area (Å²) in [5.74, 6) is 0.859. The van der Waals surface area contributed by atoms with Crippen molar-refractivity contribution in [1.29, 1.82) is 0 Å². The van der Waals surface area contributed by atoms with Crippen molar-refractivity contribution >= 4 is 43.9 Å². The van der Waals surface area contributed by atoms with Gasteiger partial charge in [0, 0.05) is 27.1 Å². The lowest BCUT2D eigenvalue weighted by atomic mass is 9.91. The molecule has 2 nitrogen and oxygen atoms in total. The summed E-state index contributed by atoms with van der Waals surface area (Å²) in [7, 11) is 0. The molecule has 10 aromatic carbocycles. The molecule has 12 aromatic rings. The molecule has 0 spiro atoms. The normalized spacial score (nSPS) is 12.2. The Morgan fingerprint density at radius 1 is 0.309 bits per heavy atom. The molecule has 0 amide bonds. The molecule has 0 aliphatic rings. The Hall–Kier alpha value is -8.20. The van der Waals surface area contributed by atoms with Crippen LogP contribution in [-0.4, -0.2) is 0 Å². The van der Waals surface area contributed by atoms with Crippen LogP contribution >= 0.6 is 0 Å². The third kappa shape index (κ3) is 7.78. The van der Waals surface area contributed by atoms with Gasteiger partial charge in [-0.1, -0.05) is 209 Å². The van der Waals surface area contributed by atoms with Gasteiger partial charge in [0.25, 0.3) is 0 Å². The fraction of sp³-hybridized carbons (Fsp3) is 0.0909. The SMILES string of the molecule is CC(C)c1ccc(-c2cccc(-c3ccc(-c4cccc5c4oc4cc(CC(C)c6ccc(-c7cccc(-c8ccc(-c9ccc%10c(c9)oc9ccccc9%10)cc8)c7)cc6)ccc45)cc3)c2)cc1. The topological polar surface area (TPSA) is 26.3 Å². The van der Waals surface area contributed by atoms with Crippen molar-refractivity contribution in [2.24, 2.45) is 0 Å². The van der Waals surface area contributed by atoms with Crippen molar-refractivity contribution < 1.29 is 8.83 Å². The summed E-state index contributed by atoms with van der Waals surface area (Å²) >= 11 is 0. The maximum absolute atomic E-state index is 6.72. The first-order chi connectivity index (χ1) is 33.4. The minimum Gasteiger partial charge on any atom is -0.456 e. The summed E-state index contributed by atoms with van der Waals surface area (Å²) in [6, 6.07) is 81.5. The molecule has 68 heavy (non-hydrogen) atoms. The number of hydrogen-bond acceptors (Lipinski definition) is 2. The van der Waals surface area contributed by atoms with Crippen molar-refractivity contribution in [3.8, 4) is 66.8 Å². The molecule has 2 aromatic heterocycles. The van der Waals surface area contributed by atoms with Crippen LogP contribution in [0, 0.1) is 0 Å². The molecule has 0 aliphatic heterocycles. The summed E-state index contributed by atoms with van der Waals surface area (Å²) in [5.41, 5.74) is 21.9. The quantitative estimate of drug-likeness (QED) is 0.137. The second-order valence-corrected chi connectivity index (χ2v) is 18.7. The van der Waals surface area contributed by atoms with Gasteiger partial charge in [-0.2, -0.15) is 0 Å². The van der Waals surface area contributed by atoms with Gasteiger partial charge in [-0.25, -0.2) is 0 Å². The molecule has 0 saturated heterocycles. The van der Waals surface area contributed by atoms with Crippen molar-refractivity contribution in [3.63, 3.8) is 0 Å². The van der Waals surface area contributed by atoms with E-state index in [4.69, 9.17) is 8.83 Å². The lowest BCUT2D eigenvalue weighted by Gasteiger charge is -2.13. The van der Waals surface area contributed by atoms with E-state index < -0.39 is 0 Å². The zero-order chi connectivity index (χ0) is 45.7. The molecule has 1 atom stereocenters. The van der Waals surface area contributed by atoms with E-state index in [1.54, 1.807) is 0 Å². The number of fused-ring (bicyclic) bond motifs is 6. The second-order valence-electron chi connectivity index (χ2n) is 18.7. The number of furan rings is 2. The van der Waals surface area contributed by atoms with Crippen molar-refractivity contribution in [1.82, 2.24) is 0 Å². The monoisotopic (exact) mass is 874 g/mol. The molecule has 2 heteroatoms. The van der Waals surface area contributed by atoms with Gasteiger partial charge in [0.05, 0.1) is 0 Å². The molecule has 326 valence electrons. The molecular weight excluding hydrogens is 825 g/mol. The number of rotatable bonds is 10. The minimum absolute atomic E-state index is 0.337. The van der Waals surface area contributed by atoms with Crippen molar-refractivity contribution in [3.05, 3.63) is 241 Å². The van der Waals surface area contributed by atoms with Gasteiger partial charge in [-0.05, 0) is 133 Å². The van der Waals surface area contributed by atoms with Crippen LogP contribution in [0.5, 0.6) is 0 Å². The van der Waals surface area contributed by atoms with Crippen LogP contribution in [0.15, 0.2) is 233 Å². The maximum atomic E-state index is 6.72. The van der Waals surface area contributed by atoms with Gasteiger partial charge in [0.15, 0.2) is 0 Å². The average Bonchev–Trinajstić information content (AvgIpc) is 3.97. The lowest BCUT2D eigenvalue weighted by Crippen LogP contribution is -1.98. The van der Waals surface area contributed by atoms with E-state index in [0.29, 0.717) is 11.8 Å². The third-order valence-electron chi connectivity index (χ3n) is 14.0. The highest BCUT2D eigenvalue weighted by Crippen LogP contribution is 2.39. The zero-order valence-electron chi connectivity index (χ0n) is 38.5. The van der Waals surface area contributed by atoms with Crippen LogP contribution in [0.1, 0.15) is 49.3 Å². The predicted octanol–water partition coefficient (Wildman–Crippen LogP) is 19.0. The molecule has 2 heterocycles. The largest absolute Gasteiger partial charge is 0.456 e. The molecule has 12 rings (SSSR count). The molecule has 1 unspecified atom stereocenters. The summed E-state index contributed by atoms with van der Waals surface area (Å²) in [4.78, 5) is 0. The number of hydrogen-bond donors (Lipinski definition) is 0. The van der Waals surface area contributed by atoms with Gasteiger partial charge >= 0.3 is 0 Å². The first-order valence-electron chi connectivity index (χ1n) is 23.9. The molecule has 0 fully saturated rings. The van der Waals surface area contributed by atoms with E-state index in [2.05, 4.69) is 233 Å². The van der Waals surface area contributed by atoms with Gasteiger partial charge in [0.1, 0.15) is 22.3 Å². The maximum Gasteiger partial charge on any atom is 0.143 e. The van der Waals surface area contributed by atoms with Gasteiger partial charge < -0.3 is 8.83 Å². The molecular formula is C66H50O2. The van der Waals surface area contributed by atoms with Gasteiger partial charge in [-0.15, -0.1) is 0 Å². The van der Waals surface area contributed by atoms with E-state index in [9.17, 15) is 0 Å². The first-order valence-corrected chi connectivity index (χ1v) is 23.9. The Labute approximate surface area is 397 Å². The third-order valence-corrected chi connectivity index (χ3v) is 14.0. The fourth-order valence-electron chi connectivity index (χ4n) is 10.1. The molecule has 0 aliphatic carbocycles. The lowest BCUT2D eigenvalue weighted by molar-refractivity contribution is 0.668. The minimum atomic E-state index is 0.337. The Bertz CT molecular complexity index is 3770. The smallest absolute Gasteiger partial charge is 0.143 e. The highest BCUT2D eigenvalue weighted by atomic mass is 16.3. The van der Waals surface area contributed by atoms with E-state index in [1.807, 2.05) is 12.1 Å². The van der Waals surface area contributed by atoms with E-state index in [0.717, 1.165) is 67.0 Å². The Morgan fingerprint density at radius 3 is 1.35 bits per heavy atom. The summed E-state index contributed by atoms with van der Waals surface area (Å²) in [6.07, 6.45) is 0.919. The Balaban J connectivity index is 0.730.